The predicted octanol–water partition coefficient (Wildman–Crippen LogP) is 8.85. The first kappa shape index (κ1) is 24.6. The van der Waals surface area contributed by atoms with Crippen LogP contribution in [0.5, 0.6) is 0 Å². The minimum Gasteiger partial charge on any atom is -0.248 e. The summed E-state index contributed by atoms with van der Waals surface area (Å²) in [4.78, 5) is 4.56. The van der Waals surface area contributed by atoms with Crippen molar-refractivity contribution in [1.82, 2.24) is 4.98 Å². The van der Waals surface area contributed by atoms with Crippen LogP contribution in [0.4, 0.5) is 0 Å². The van der Waals surface area contributed by atoms with E-state index in [1.807, 2.05) is 6.20 Å². The highest BCUT2D eigenvalue weighted by Crippen LogP contribution is 2.37. The number of rotatable bonds is 11. The van der Waals surface area contributed by atoms with Crippen LogP contribution >= 0.6 is 0 Å². The van der Waals surface area contributed by atoms with Crippen molar-refractivity contribution >= 4 is 0 Å². The molecule has 0 bridgehead atoms. The Balaban J connectivity index is 1.44. The maximum absolute atomic E-state index is 4.56. The topological polar surface area (TPSA) is 12.9 Å². The third-order valence-electron chi connectivity index (χ3n) is 7.17. The van der Waals surface area contributed by atoms with Gasteiger partial charge in [0.1, 0.15) is 5.69 Å². The number of nitrogens with zero attached hydrogens (tertiary/aromatic N) is 1. The van der Waals surface area contributed by atoms with Crippen molar-refractivity contribution in [3.8, 4) is 11.8 Å². The van der Waals surface area contributed by atoms with Crippen molar-refractivity contribution in [2.45, 2.75) is 110 Å². The molecule has 1 saturated carbocycles. The van der Waals surface area contributed by atoms with E-state index in [0.717, 1.165) is 29.5 Å². The van der Waals surface area contributed by atoms with Crippen molar-refractivity contribution in [2.24, 2.45) is 5.92 Å². The molecule has 0 saturated heterocycles. The molecule has 0 atom stereocenters. The van der Waals surface area contributed by atoms with Crippen molar-refractivity contribution in [1.29, 1.82) is 0 Å². The Kier molecular flexibility index (Phi) is 10.9. The first-order valence-corrected chi connectivity index (χ1v) is 13.4. The molecule has 3 rings (SSSR count). The minimum atomic E-state index is 0.746. The third kappa shape index (κ3) is 8.46. The van der Waals surface area contributed by atoms with Gasteiger partial charge in [-0.2, -0.15) is 0 Å². The first-order valence-electron chi connectivity index (χ1n) is 13.4. The fraction of sp³-hybridized carbons (Fsp3) is 0.581. The van der Waals surface area contributed by atoms with E-state index < -0.39 is 0 Å². The minimum absolute atomic E-state index is 0.746. The number of aromatic nitrogens is 1. The van der Waals surface area contributed by atoms with Crippen molar-refractivity contribution in [3.63, 3.8) is 0 Å². The van der Waals surface area contributed by atoms with Crippen molar-refractivity contribution in [2.75, 3.05) is 0 Å². The van der Waals surface area contributed by atoms with Gasteiger partial charge in [0.2, 0.25) is 0 Å². The molecule has 0 N–H and O–H groups in total. The molecule has 1 aliphatic carbocycles. The van der Waals surface area contributed by atoms with Crippen molar-refractivity contribution < 1.29 is 0 Å². The van der Waals surface area contributed by atoms with Gasteiger partial charge in [0.05, 0.1) is 0 Å². The van der Waals surface area contributed by atoms with Crippen LogP contribution in [0.15, 0.2) is 42.6 Å². The van der Waals surface area contributed by atoms with Gasteiger partial charge in [-0.15, -0.1) is 0 Å². The van der Waals surface area contributed by atoms with Crippen LogP contribution in [-0.2, 0) is 6.42 Å². The fourth-order valence-electron chi connectivity index (χ4n) is 5.02. The summed E-state index contributed by atoms with van der Waals surface area (Å²) in [5.41, 5.74) is 4.79. The van der Waals surface area contributed by atoms with Crippen molar-refractivity contribution in [3.05, 3.63) is 65.0 Å². The SMILES string of the molecule is CCCCCCCc1ccc(C#Cc2ccc(C3CCC(CCCCC)CC3)cc2)nc1. The number of hydrogen-bond donors (Lipinski definition) is 0. The molecule has 32 heavy (non-hydrogen) atoms. The van der Waals surface area contributed by atoms with Crippen LogP contribution in [0.1, 0.15) is 126 Å². The summed E-state index contributed by atoms with van der Waals surface area (Å²) in [5, 5.41) is 0. The highest BCUT2D eigenvalue weighted by molar-refractivity contribution is 5.41. The summed E-state index contributed by atoms with van der Waals surface area (Å²) in [6.07, 6.45) is 20.9. The summed E-state index contributed by atoms with van der Waals surface area (Å²) < 4.78 is 0. The summed E-state index contributed by atoms with van der Waals surface area (Å²) >= 11 is 0. The van der Waals surface area contributed by atoms with Gasteiger partial charge in [-0.3, -0.25) is 0 Å². The summed E-state index contributed by atoms with van der Waals surface area (Å²) in [6.45, 7) is 4.56. The third-order valence-corrected chi connectivity index (χ3v) is 7.17. The van der Waals surface area contributed by atoms with E-state index >= 15 is 0 Å². The van der Waals surface area contributed by atoms with E-state index in [4.69, 9.17) is 0 Å². The smallest absolute Gasteiger partial charge is 0.113 e. The second-order valence-electron chi connectivity index (χ2n) is 9.80. The quantitative estimate of drug-likeness (QED) is 0.257. The van der Waals surface area contributed by atoms with E-state index in [1.54, 1.807) is 0 Å². The zero-order valence-corrected chi connectivity index (χ0v) is 20.5. The van der Waals surface area contributed by atoms with Gasteiger partial charge in [-0.1, -0.05) is 89.3 Å². The highest BCUT2D eigenvalue weighted by Gasteiger charge is 2.21. The Morgan fingerprint density at radius 3 is 2.16 bits per heavy atom. The molecule has 0 aliphatic heterocycles. The summed E-state index contributed by atoms with van der Waals surface area (Å²) in [7, 11) is 0. The number of pyridine rings is 1. The average Bonchev–Trinajstić information content (AvgIpc) is 2.84. The van der Waals surface area contributed by atoms with E-state index in [-0.39, 0.29) is 0 Å². The van der Waals surface area contributed by atoms with Gasteiger partial charge in [-0.25, -0.2) is 4.98 Å². The van der Waals surface area contributed by atoms with Crippen LogP contribution in [0.25, 0.3) is 0 Å². The molecule has 0 amide bonds. The zero-order valence-electron chi connectivity index (χ0n) is 20.5. The lowest BCUT2D eigenvalue weighted by Crippen LogP contribution is -2.13. The molecule has 0 radical (unpaired) electrons. The van der Waals surface area contributed by atoms with Gasteiger partial charge in [-0.05, 0) is 85.6 Å². The lowest BCUT2D eigenvalue weighted by molar-refractivity contribution is 0.303. The van der Waals surface area contributed by atoms with Crippen LogP contribution < -0.4 is 0 Å². The Labute approximate surface area is 197 Å². The molecule has 1 heterocycles. The summed E-state index contributed by atoms with van der Waals surface area (Å²) in [5.74, 6) is 8.26. The number of unbranched alkanes of at least 4 members (excludes halogenated alkanes) is 6. The molecule has 1 heteroatoms. The van der Waals surface area contributed by atoms with Crippen LogP contribution in [0, 0.1) is 17.8 Å². The molecule has 0 unspecified atom stereocenters. The first-order chi connectivity index (χ1) is 15.8. The normalized spacial score (nSPS) is 18.2. The molecule has 1 aromatic heterocycles. The average molecular weight is 430 g/mol. The van der Waals surface area contributed by atoms with E-state index in [2.05, 4.69) is 67.1 Å². The summed E-state index contributed by atoms with van der Waals surface area (Å²) in [6, 6.07) is 13.3. The molecular formula is C31H43N. The van der Waals surface area contributed by atoms with E-state index in [9.17, 15) is 0 Å². The van der Waals surface area contributed by atoms with Gasteiger partial charge in [0, 0.05) is 11.8 Å². The molecule has 172 valence electrons. The second kappa shape index (κ2) is 14.2. The van der Waals surface area contributed by atoms with E-state index in [0.29, 0.717) is 0 Å². The lowest BCUT2D eigenvalue weighted by atomic mass is 9.77. The van der Waals surface area contributed by atoms with Gasteiger partial charge < -0.3 is 0 Å². The van der Waals surface area contributed by atoms with E-state index in [1.165, 1.54) is 94.6 Å². The predicted molar refractivity (Wildman–Crippen MR) is 138 cm³/mol. The molecule has 1 aromatic carbocycles. The van der Waals surface area contributed by atoms with Gasteiger partial charge in [0.15, 0.2) is 0 Å². The fourth-order valence-corrected chi connectivity index (χ4v) is 5.02. The zero-order chi connectivity index (χ0) is 22.4. The Bertz CT molecular complexity index is 814. The highest BCUT2D eigenvalue weighted by atomic mass is 14.7. The molecule has 1 fully saturated rings. The van der Waals surface area contributed by atoms with Gasteiger partial charge >= 0.3 is 0 Å². The van der Waals surface area contributed by atoms with Crippen LogP contribution in [0.2, 0.25) is 0 Å². The lowest BCUT2D eigenvalue weighted by Gasteiger charge is -2.29. The largest absolute Gasteiger partial charge is 0.248 e. The molecule has 0 spiro atoms. The number of aryl methyl sites for hydroxylation is 1. The monoisotopic (exact) mass is 429 g/mol. The van der Waals surface area contributed by atoms with Gasteiger partial charge in [0.25, 0.3) is 0 Å². The van der Waals surface area contributed by atoms with Crippen LogP contribution in [0.3, 0.4) is 0 Å². The maximum atomic E-state index is 4.56. The number of hydrogen-bond acceptors (Lipinski definition) is 1. The maximum Gasteiger partial charge on any atom is 0.113 e. The molecule has 1 aliphatic rings. The van der Waals surface area contributed by atoms with Crippen LogP contribution in [-0.4, -0.2) is 4.98 Å². The Morgan fingerprint density at radius 2 is 1.47 bits per heavy atom. The standard InChI is InChI=1S/C31H43N/c1-3-5-7-8-10-12-28-18-24-31(32-25-28)23-17-27-15-21-30(22-16-27)29-19-13-26(14-20-29)11-9-6-4-2/h15-16,18,21-22,24-26,29H,3-14,19-20H2,1-2H3. The second-order valence-corrected chi connectivity index (χ2v) is 9.80. The molecular weight excluding hydrogens is 386 g/mol. The Morgan fingerprint density at radius 1 is 0.750 bits per heavy atom. The molecule has 2 aromatic rings. The number of benzene rings is 1. The molecule has 1 nitrogen and oxygen atoms in total. The Hall–Kier alpha value is -2.07.